The minimum absolute atomic E-state index is 0.00223. The molecule has 0 atom stereocenters. The van der Waals surface area contributed by atoms with Crippen molar-refractivity contribution >= 4 is 0 Å². The molecule has 0 bridgehead atoms. The molecule has 0 unspecified atom stereocenters. The minimum atomic E-state index is 0.00223. The average Bonchev–Trinajstić information content (AvgIpc) is 3.11. The molecule has 100 valence electrons. The highest BCUT2D eigenvalue weighted by molar-refractivity contribution is 5.63. The van der Waals surface area contributed by atoms with E-state index in [1.54, 1.807) is 4.68 Å². The van der Waals surface area contributed by atoms with Crippen molar-refractivity contribution in [3.63, 3.8) is 0 Å². The summed E-state index contributed by atoms with van der Waals surface area (Å²) < 4.78 is 6.77. The molecule has 2 aromatic heterocycles. The molecule has 0 radical (unpaired) electrons. The molecule has 0 aliphatic heterocycles. The Morgan fingerprint density at radius 3 is 2.68 bits per heavy atom. The standard InChI is InChI=1S/C14H17N3O2/c1-8-6-12(13-9(2)16-19-10(13)3)15-17(14(8)18)7-11-4-5-11/h6,11H,4-5,7H2,1-3H3. The molecule has 0 N–H and O–H groups in total. The smallest absolute Gasteiger partial charge is 0.269 e. The normalized spacial score (nSPS) is 14.9. The Labute approximate surface area is 111 Å². The number of hydrogen-bond acceptors (Lipinski definition) is 4. The van der Waals surface area contributed by atoms with Crippen molar-refractivity contribution in [1.29, 1.82) is 0 Å². The fraction of sp³-hybridized carbons (Fsp3) is 0.500. The predicted molar refractivity (Wildman–Crippen MR) is 70.9 cm³/mol. The fourth-order valence-corrected chi connectivity index (χ4v) is 2.31. The van der Waals surface area contributed by atoms with Gasteiger partial charge in [-0.05, 0) is 45.6 Å². The summed E-state index contributed by atoms with van der Waals surface area (Å²) in [5, 5.41) is 8.43. The molecule has 5 nitrogen and oxygen atoms in total. The highest BCUT2D eigenvalue weighted by atomic mass is 16.5. The van der Waals surface area contributed by atoms with Crippen molar-refractivity contribution in [1.82, 2.24) is 14.9 Å². The van der Waals surface area contributed by atoms with Crippen LogP contribution >= 0.6 is 0 Å². The van der Waals surface area contributed by atoms with Crippen molar-refractivity contribution in [3.8, 4) is 11.3 Å². The average molecular weight is 259 g/mol. The molecule has 1 saturated carbocycles. The van der Waals surface area contributed by atoms with E-state index >= 15 is 0 Å². The molecular formula is C14H17N3O2. The molecule has 3 rings (SSSR count). The van der Waals surface area contributed by atoms with E-state index in [1.807, 2.05) is 26.8 Å². The number of aromatic nitrogens is 3. The number of hydrogen-bond donors (Lipinski definition) is 0. The number of rotatable bonds is 3. The van der Waals surface area contributed by atoms with Gasteiger partial charge < -0.3 is 4.52 Å². The summed E-state index contributed by atoms with van der Waals surface area (Å²) in [5.41, 5.74) is 3.19. The molecule has 1 aliphatic rings. The van der Waals surface area contributed by atoms with Gasteiger partial charge in [-0.25, -0.2) is 4.68 Å². The zero-order valence-corrected chi connectivity index (χ0v) is 11.4. The van der Waals surface area contributed by atoms with Gasteiger partial charge in [-0.15, -0.1) is 0 Å². The summed E-state index contributed by atoms with van der Waals surface area (Å²) in [4.78, 5) is 12.1. The SMILES string of the molecule is Cc1noc(C)c1-c1cc(C)c(=O)n(CC2CC2)n1. The second kappa shape index (κ2) is 4.33. The van der Waals surface area contributed by atoms with Gasteiger partial charge in [0, 0.05) is 12.1 Å². The summed E-state index contributed by atoms with van der Waals surface area (Å²) in [5.74, 6) is 1.35. The first kappa shape index (κ1) is 12.1. The van der Waals surface area contributed by atoms with Crippen LogP contribution in [0.5, 0.6) is 0 Å². The Balaban J connectivity index is 2.11. The first-order valence-electron chi connectivity index (χ1n) is 6.58. The van der Waals surface area contributed by atoms with Gasteiger partial charge >= 0.3 is 0 Å². The summed E-state index contributed by atoms with van der Waals surface area (Å²) in [6.07, 6.45) is 2.39. The summed E-state index contributed by atoms with van der Waals surface area (Å²) >= 11 is 0. The molecule has 2 aromatic rings. The van der Waals surface area contributed by atoms with Crippen molar-refractivity contribution < 1.29 is 4.52 Å². The molecule has 0 spiro atoms. The number of nitrogens with zero attached hydrogens (tertiary/aromatic N) is 3. The molecule has 1 aliphatic carbocycles. The van der Waals surface area contributed by atoms with E-state index < -0.39 is 0 Å². The topological polar surface area (TPSA) is 60.9 Å². The largest absolute Gasteiger partial charge is 0.361 e. The summed E-state index contributed by atoms with van der Waals surface area (Å²) in [6.45, 7) is 6.30. The van der Waals surface area contributed by atoms with E-state index in [0.717, 1.165) is 29.3 Å². The van der Waals surface area contributed by atoms with Crippen LogP contribution in [0.25, 0.3) is 11.3 Å². The molecule has 1 fully saturated rings. The zero-order chi connectivity index (χ0) is 13.6. The Bertz CT molecular complexity index is 661. The molecule has 5 heteroatoms. The van der Waals surface area contributed by atoms with Crippen LogP contribution in [0.15, 0.2) is 15.4 Å². The van der Waals surface area contributed by atoms with Gasteiger partial charge in [0.1, 0.15) is 5.76 Å². The van der Waals surface area contributed by atoms with Crippen LogP contribution in [0.3, 0.4) is 0 Å². The molecule has 19 heavy (non-hydrogen) atoms. The van der Waals surface area contributed by atoms with Crippen LogP contribution in [-0.2, 0) is 6.54 Å². The lowest BCUT2D eigenvalue weighted by Gasteiger charge is -2.08. The van der Waals surface area contributed by atoms with E-state index in [1.165, 1.54) is 12.8 Å². The van der Waals surface area contributed by atoms with Gasteiger partial charge in [0.15, 0.2) is 0 Å². The predicted octanol–water partition coefficient (Wildman–Crippen LogP) is 2.23. The van der Waals surface area contributed by atoms with Crippen molar-refractivity contribution in [2.75, 3.05) is 0 Å². The monoisotopic (exact) mass is 259 g/mol. The molecular weight excluding hydrogens is 242 g/mol. The van der Waals surface area contributed by atoms with Crippen LogP contribution in [0.4, 0.5) is 0 Å². The highest BCUT2D eigenvalue weighted by Crippen LogP contribution is 2.30. The van der Waals surface area contributed by atoms with E-state index in [-0.39, 0.29) is 5.56 Å². The van der Waals surface area contributed by atoms with Gasteiger partial charge in [-0.1, -0.05) is 5.16 Å². The second-order valence-electron chi connectivity index (χ2n) is 5.34. The number of aryl methyl sites for hydroxylation is 3. The van der Waals surface area contributed by atoms with Crippen LogP contribution in [-0.4, -0.2) is 14.9 Å². The van der Waals surface area contributed by atoms with Gasteiger partial charge in [0.2, 0.25) is 0 Å². The lowest BCUT2D eigenvalue weighted by molar-refractivity contribution is 0.393. The van der Waals surface area contributed by atoms with Gasteiger partial charge in [-0.2, -0.15) is 5.10 Å². The van der Waals surface area contributed by atoms with E-state index in [2.05, 4.69) is 10.3 Å². The third-order valence-electron chi connectivity index (χ3n) is 3.57. The Hall–Kier alpha value is -1.91. The minimum Gasteiger partial charge on any atom is -0.361 e. The van der Waals surface area contributed by atoms with Crippen LogP contribution in [0, 0.1) is 26.7 Å². The van der Waals surface area contributed by atoms with Crippen molar-refractivity contribution in [2.45, 2.75) is 40.2 Å². The van der Waals surface area contributed by atoms with Crippen LogP contribution in [0.2, 0.25) is 0 Å². The Kier molecular flexibility index (Phi) is 2.77. The lowest BCUT2D eigenvalue weighted by Crippen LogP contribution is -2.26. The van der Waals surface area contributed by atoms with Gasteiger partial charge in [0.05, 0.1) is 17.0 Å². The van der Waals surface area contributed by atoms with E-state index in [4.69, 9.17) is 4.52 Å². The third-order valence-corrected chi connectivity index (χ3v) is 3.57. The maximum absolute atomic E-state index is 12.1. The fourth-order valence-electron chi connectivity index (χ4n) is 2.31. The lowest BCUT2D eigenvalue weighted by atomic mass is 10.1. The first-order chi connectivity index (χ1) is 9.06. The van der Waals surface area contributed by atoms with Crippen molar-refractivity contribution in [3.05, 3.63) is 33.4 Å². The van der Waals surface area contributed by atoms with Crippen molar-refractivity contribution in [2.24, 2.45) is 5.92 Å². The highest BCUT2D eigenvalue weighted by Gasteiger charge is 2.24. The summed E-state index contributed by atoms with van der Waals surface area (Å²) in [6, 6.07) is 1.82. The van der Waals surface area contributed by atoms with E-state index in [9.17, 15) is 4.79 Å². The first-order valence-corrected chi connectivity index (χ1v) is 6.58. The van der Waals surface area contributed by atoms with Gasteiger partial charge in [-0.3, -0.25) is 4.79 Å². The third kappa shape index (κ3) is 2.20. The summed E-state index contributed by atoms with van der Waals surface area (Å²) in [7, 11) is 0. The molecule has 0 saturated heterocycles. The molecule has 2 heterocycles. The Morgan fingerprint density at radius 1 is 1.37 bits per heavy atom. The Morgan fingerprint density at radius 2 is 2.11 bits per heavy atom. The quantitative estimate of drug-likeness (QED) is 0.848. The van der Waals surface area contributed by atoms with Gasteiger partial charge in [0.25, 0.3) is 5.56 Å². The maximum Gasteiger partial charge on any atom is 0.269 e. The van der Waals surface area contributed by atoms with E-state index in [0.29, 0.717) is 11.5 Å². The molecule has 0 aromatic carbocycles. The maximum atomic E-state index is 12.1. The second-order valence-corrected chi connectivity index (χ2v) is 5.34. The zero-order valence-electron chi connectivity index (χ0n) is 11.4. The van der Waals surface area contributed by atoms with Crippen LogP contribution in [0.1, 0.15) is 29.9 Å². The molecule has 0 amide bonds. The van der Waals surface area contributed by atoms with Crippen LogP contribution < -0.4 is 5.56 Å².